The molecular weight excluding hydrogens is 248 g/mol. The fourth-order valence-electron chi connectivity index (χ4n) is 3.60. The third-order valence-electron chi connectivity index (χ3n) is 4.94. The van der Waals surface area contributed by atoms with Gasteiger partial charge in [0.05, 0.1) is 5.69 Å². The number of hydrogen-bond donors (Lipinski definition) is 1. The van der Waals surface area contributed by atoms with Crippen molar-refractivity contribution in [3.8, 4) is 0 Å². The second-order valence-electron chi connectivity index (χ2n) is 6.64. The van der Waals surface area contributed by atoms with Gasteiger partial charge in [0.15, 0.2) is 0 Å². The molecular formula is C16H28N4. The quantitative estimate of drug-likeness (QED) is 0.895. The minimum absolute atomic E-state index is 0.506. The topological polar surface area (TPSA) is 33.1 Å². The molecule has 1 atom stereocenters. The number of aryl methyl sites for hydroxylation is 2. The molecule has 2 aliphatic rings. The van der Waals surface area contributed by atoms with E-state index in [9.17, 15) is 0 Å². The van der Waals surface area contributed by atoms with Crippen LogP contribution in [-0.4, -0.2) is 40.4 Å². The van der Waals surface area contributed by atoms with Gasteiger partial charge in [-0.1, -0.05) is 0 Å². The fourth-order valence-corrected chi connectivity index (χ4v) is 3.60. The van der Waals surface area contributed by atoms with Crippen LogP contribution in [0.2, 0.25) is 0 Å². The average Bonchev–Trinajstić information content (AvgIpc) is 3.22. The lowest BCUT2D eigenvalue weighted by Gasteiger charge is -2.34. The van der Waals surface area contributed by atoms with Crippen LogP contribution in [0.1, 0.15) is 49.9 Å². The van der Waals surface area contributed by atoms with Gasteiger partial charge in [0, 0.05) is 37.4 Å². The number of piperidine rings is 1. The first-order valence-electron chi connectivity index (χ1n) is 8.11. The maximum absolute atomic E-state index is 4.52. The first kappa shape index (κ1) is 14.1. The van der Waals surface area contributed by atoms with Crippen LogP contribution >= 0.6 is 0 Å². The Morgan fingerprint density at radius 1 is 1.35 bits per heavy atom. The standard InChI is InChI=1S/C16H28N4/c1-12-16(11-19(3)18-12)13(2)20(15-4-5-15)10-14-6-8-17-9-7-14/h11,13-15,17H,4-10H2,1-3H3. The maximum Gasteiger partial charge on any atom is 0.0641 e. The number of hydrogen-bond acceptors (Lipinski definition) is 3. The molecule has 1 aliphatic heterocycles. The van der Waals surface area contributed by atoms with Gasteiger partial charge in [0.25, 0.3) is 0 Å². The third-order valence-corrected chi connectivity index (χ3v) is 4.94. The molecule has 4 heteroatoms. The van der Waals surface area contributed by atoms with Gasteiger partial charge in [0.2, 0.25) is 0 Å². The summed E-state index contributed by atoms with van der Waals surface area (Å²) in [6, 6.07) is 1.32. The Morgan fingerprint density at radius 2 is 2.05 bits per heavy atom. The molecule has 1 aromatic rings. The smallest absolute Gasteiger partial charge is 0.0641 e. The molecule has 3 rings (SSSR count). The van der Waals surface area contributed by atoms with Crippen molar-refractivity contribution in [1.82, 2.24) is 20.0 Å². The van der Waals surface area contributed by atoms with Gasteiger partial charge < -0.3 is 5.32 Å². The van der Waals surface area contributed by atoms with E-state index in [1.165, 1.54) is 56.6 Å². The van der Waals surface area contributed by atoms with Gasteiger partial charge in [-0.2, -0.15) is 5.10 Å². The zero-order valence-corrected chi connectivity index (χ0v) is 13.1. The van der Waals surface area contributed by atoms with Crippen LogP contribution in [0.25, 0.3) is 0 Å². The lowest BCUT2D eigenvalue weighted by molar-refractivity contribution is 0.151. The molecule has 0 aromatic carbocycles. The first-order valence-corrected chi connectivity index (χ1v) is 8.11. The summed E-state index contributed by atoms with van der Waals surface area (Å²) in [5.74, 6) is 0.872. The number of aromatic nitrogens is 2. The Morgan fingerprint density at radius 3 is 2.60 bits per heavy atom. The van der Waals surface area contributed by atoms with Gasteiger partial charge >= 0.3 is 0 Å². The highest BCUT2D eigenvalue weighted by molar-refractivity contribution is 5.20. The molecule has 0 amide bonds. The summed E-state index contributed by atoms with van der Waals surface area (Å²) in [5.41, 5.74) is 2.60. The Labute approximate surface area is 122 Å². The number of nitrogens with zero attached hydrogens (tertiary/aromatic N) is 3. The van der Waals surface area contributed by atoms with E-state index >= 15 is 0 Å². The number of rotatable bonds is 5. The van der Waals surface area contributed by atoms with Crippen molar-refractivity contribution in [1.29, 1.82) is 0 Å². The minimum atomic E-state index is 0.506. The van der Waals surface area contributed by atoms with Crippen LogP contribution in [0.15, 0.2) is 6.20 Å². The summed E-state index contributed by atoms with van der Waals surface area (Å²) in [7, 11) is 2.03. The molecule has 1 aliphatic carbocycles. The van der Waals surface area contributed by atoms with E-state index in [4.69, 9.17) is 0 Å². The molecule has 1 saturated heterocycles. The molecule has 0 radical (unpaired) electrons. The molecule has 0 spiro atoms. The van der Waals surface area contributed by atoms with Crippen LogP contribution in [0.4, 0.5) is 0 Å². The van der Waals surface area contributed by atoms with E-state index in [1.54, 1.807) is 0 Å². The predicted molar refractivity (Wildman–Crippen MR) is 81.7 cm³/mol. The van der Waals surface area contributed by atoms with Crippen molar-refractivity contribution in [2.75, 3.05) is 19.6 Å². The molecule has 2 heterocycles. The predicted octanol–water partition coefficient (Wildman–Crippen LogP) is 2.25. The largest absolute Gasteiger partial charge is 0.317 e. The summed E-state index contributed by atoms with van der Waals surface area (Å²) in [6.07, 6.45) is 7.64. The van der Waals surface area contributed by atoms with Gasteiger partial charge in [-0.15, -0.1) is 0 Å². The van der Waals surface area contributed by atoms with Crippen molar-refractivity contribution in [2.45, 2.75) is 51.6 Å². The molecule has 1 aromatic heterocycles. The summed E-state index contributed by atoms with van der Waals surface area (Å²) < 4.78 is 1.96. The molecule has 0 bridgehead atoms. The Balaban J connectivity index is 1.71. The third kappa shape index (κ3) is 3.07. The fraction of sp³-hybridized carbons (Fsp3) is 0.812. The molecule has 1 saturated carbocycles. The highest BCUT2D eigenvalue weighted by atomic mass is 15.3. The molecule has 112 valence electrons. The van der Waals surface area contributed by atoms with Gasteiger partial charge in [0.1, 0.15) is 0 Å². The Kier molecular flexibility index (Phi) is 4.13. The lowest BCUT2D eigenvalue weighted by Crippen LogP contribution is -2.38. The average molecular weight is 276 g/mol. The van der Waals surface area contributed by atoms with Gasteiger partial charge in [-0.25, -0.2) is 0 Å². The summed E-state index contributed by atoms with van der Waals surface area (Å²) in [4.78, 5) is 2.75. The maximum atomic E-state index is 4.52. The van der Waals surface area contributed by atoms with E-state index in [-0.39, 0.29) is 0 Å². The SMILES string of the molecule is Cc1nn(C)cc1C(C)N(CC1CCNCC1)C1CC1. The normalized spacial score (nSPS) is 22.4. The van der Waals surface area contributed by atoms with E-state index in [0.717, 1.165) is 12.0 Å². The second kappa shape index (κ2) is 5.86. The lowest BCUT2D eigenvalue weighted by atomic mass is 9.96. The zero-order chi connectivity index (χ0) is 14.1. The van der Waals surface area contributed by atoms with Crippen LogP contribution in [0.3, 0.4) is 0 Å². The van der Waals surface area contributed by atoms with Crippen molar-refractivity contribution in [3.05, 3.63) is 17.5 Å². The second-order valence-corrected chi connectivity index (χ2v) is 6.64. The molecule has 1 N–H and O–H groups in total. The highest BCUT2D eigenvalue weighted by Crippen LogP contribution is 2.36. The van der Waals surface area contributed by atoms with Gasteiger partial charge in [-0.05, 0) is 58.5 Å². The first-order chi connectivity index (χ1) is 9.65. The highest BCUT2D eigenvalue weighted by Gasteiger charge is 2.35. The molecule has 1 unspecified atom stereocenters. The summed E-state index contributed by atoms with van der Waals surface area (Å²) in [6.45, 7) is 8.17. The van der Waals surface area contributed by atoms with Crippen molar-refractivity contribution >= 4 is 0 Å². The Bertz CT molecular complexity index is 443. The monoisotopic (exact) mass is 276 g/mol. The van der Waals surface area contributed by atoms with Gasteiger partial charge in [-0.3, -0.25) is 9.58 Å². The molecule has 2 fully saturated rings. The van der Waals surface area contributed by atoms with Crippen LogP contribution in [0, 0.1) is 12.8 Å². The molecule has 4 nitrogen and oxygen atoms in total. The number of nitrogens with one attached hydrogen (secondary N) is 1. The minimum Gasteiger partial charge on any atom is -0.317 e. The Hall–Kier alpha value is -0.870. The van der Waals surface area contributed by atoms with Crippen molar-refractivity contribution in [3.63, 3.8) is 0 Å². The van der Waals surface area contributed by atoms with Crippen LogP contribution in [0.5, 0.6) is 0 Å². The van der Waals surface area contributed by atoms with Crippen molar-refractivity contribution in [2.24, 2.45) is 13.0 Å². The van der Waals surface area contributed by atoms with E-state index in [0.29, 0.717) is 6.04 Å². The van der Waals surface area contributed by atoms with E-state index < -0.39 is 0 Å². The van der Waals surface area contributed by atoms with Crippen molar-refractivity contribution < 1.29 is 0 Å². The van der Waals surface area contributed by atoms with E-state index in [1.807, 2.05) is 11.7 Å². The molecule has 20 heavy (non-hydrogen) atoms. The van der Waals surface area contributed by atoms with Crippen LogP contribution in [-0.2, 0) is 7.05 Å². The summed E-state index contributed by atoms with van der Waals surface area (Å²) in [5, 5.41) is 8.00. The zero-order valence-electron chi connectivity index (χ0n) is 13.1. The van der Waals surface area contributed by atoms with Crippen LogP contribution < -0.4 is 5.32 Å². The summed E-state index contributed by atoms with van der Waals surface area (Å²) >= 11 is 0. The van der Waals surface area contributed by atoms with E-state index in [2.05, 4.69) is 35.4 Å².